The van der Waals surface area contributed by atoms with Gasteiger partial charge in [-0.2, -0.15) is 0 Å². The average molecular weight is 299 g/mol. The molecule has 1 heterocycles. The molecule has 0 bridgehead atoms. The molecule has 1 amide bonds. The Morgan fingerprint density at radius 2 is 1.95 bits per heavy atom. The minimum Gasteiger partial charge on any atom is -0.383 e. The van der Waals surface area contributed by atoms with Gasteiger partial charge in [0.2, 0.25) is 0 Å². The molecule has 0 aliphatic rings. The Morgan fingerprint density at radius 1 is 1.18 bits per heavy atom. The van der Waals surface area contributed by atoms with Gasteiger partial charge in [-0.3, -0.25) is 4.79 Å². The van der Waals surface area contributed by atoms with Crippen molar-refractivity contribution in [3.05, 3.63) is 59.4 Å². The largest absolute Gasteiger partial charge is 0.383 e. The predicted molar refractivity (Wildman–Crippen MR) is 87.0 cm³/mol. The van der Waals surface area contributed by atoms with Crippen LogP contribution in [-0.2, 0) is 11.3 Å². The minimum absolute atomic E-state index is 0.192. The molecule has 116 valence electrons. The van der Waals surface area contributed by atoms with E-state index < -0.39 is 0 Å². The fraction of sp³-hybridized carbons (Fsp3) is 0.294. The number of carbonyl (C=O) groups excluding carboxylic acids is 1. The van der Waals surface area contributed by atoms with E-state index in [9.17, 15) is 4.79 Å². The van der Waals surface area contributed by atoms with Crippen LogP contribution >= 0.6 is 0 Å². The lowest BCUT2D eigenvalue weighted by atomic mass is 10.1. The van der Waals surface area contributed by atoms with Crippen molar-refractivity contribution < 1.29 is 9.53 Å². The van der Waals surface area contributed by atoms with Gasteiger partial charge in [0.25, 0.3) is 5.91 Å². The monoisotopic (exact) mass is 299 g/mol. The zero-order valence-corrected chi connectivity index (χ0v) is 12.9. The Balaban J connectivity index is 1.86. The number of hydrogen-bond donors (Lipinski definition) is 2. The van der Waals surface area contributed by atoms with Crippen LogP contribution < -0.4 is 10.6 Å². The van der Waals surface area contributed by atoms with Crippen LogP contribution in [0.1, 0.15) is 21.6 Å². The molecule has 0 aliphatic carbocycles. The number of methoxy groups -OCH3 is 1. The molecule has 2 aromatic rings. The normalized spacial score (nSPS) is 10.3. The number of hydrogen-bond acceptors (Lipinski definition) is 4. The maximum Gasteiger partial charge on any atom is 0.269 e. The topological polar surface area (TPSA) is 63.2 Å². The molecule has 0 radical (unpaired) electrons. The van der Waals surface area contributed by atoms with Crippen LogP contribution in [0.15, 0.2) is 42.6 Å². The number of anilines is 1. The molecule has 0 aliphatic heterocycles. The first-order valence-corrected chi connectivity index (χ1v) is 7.21. The molecule has 0 fully saturated rings. The van der Waals surface area contributed by atoms with Crippen LogP contribution in [-0.4, -0.2) is 31.2 Å². The zero-order valence-electron chi connectivity index (χ0n) is 12.9. The van der Waals surface area contributed by atoms with E-state index in [1.807, 2.05) is 6.07 Å². The lowest BCUT2D eigenvalue weighted by Crippen LogP contribution is -2.27. The van der Waals surface area contributed by atoms with Gasteiger partial charge in [-0.1, -0.05) is 29.8 Å². The second-order valence-electron chi connectivity index (χ2n) is 5.02. The summed E-state index contributed by atoms with van der Waals surface area (Å²) < 4.78 is 4.88. The summed E-state index contributed by atoms with van der Waals surface area (Å²) in [5.74, 6) is -0.192. The van der Waals surface area contributed by atoms with E-state index in [1.165, 1.54) is 11.1 Å². The zero-order chi connectivity index (χ0) is 15.8. The molecule has 2 N–H and O–H groups in total. The smallest absolute Gasteiger partial charge is 0.269 e. The molecular formula is C17H21N3O2. The molecule has 2 rings (SSSR count). The first-order valence-electron chi connectivity index (χ1n) is 7.21. The fourth-order valence-electron chi connectivity index (χ4n) is 1.90. The standard InChI is InChI=1S/C17H21N3O2/c1-13-3-5-14(6-4-13)11-19-15-7-8-16(20-12-15)17(21)18-9-10-22-2/h3-8,12,19H,9-11H2,1-2H3,(H,18,21). The number of carbonyl (C=O) groups is 1. The summed E-state index contributed by atoms with van der Waals surface area (Å²) in [5.41, 5.74) is 3.73. The molecule has 1 aromatic carbocycles. The molecule has 1 aromatic heterocycles. The fourth-order valence-corrected chi connectivity index (χ4v) is 1.90. The van der Waals surface area contributed by atoms with Crippen molar-refractivity contribution in [2.45, 2.75) is 13.5 Å². The Labute approximate surface area is 130 Å². The van der Waals surface area contributed by atoms with Crippen molar-refractivity contribution in [3.8, 4) is 0 Å². The van der Waals surface area contributed by atoms with Gasteiger partial charge >= 0.3 is 0 Å². The number of aryl methyl sites for hydroxylation is 1. The number of nitrogens with zero attached hydrogens (tertiary/aromatic N) is 1. The summed E-state index contributed by atoms with van der Waals surface area (Å²) in [5, 5.41) is 6.02. The molecule has 0 unspecified atom stereocenters. The third kappa shape index (κ3) is 4.86. The van der Waals surface area contributed by atoms with Crippen LogP contribution in [0.2, 0.25) is 0 Å². The van der Waals surface area contributed by atoms with Crippen molar-refractivity contribution in [2.75, 3.05) is 25.6 Å². The van der Waals surface area contributed by atoms with Gasteiger partial charge < -0.3 is 15.4 Å². The Hall–Kier alpha value is -2.40. The van der Waals surface area contributed by atoms with Gasteiger partial charge in [-0.15, -0.1) is 0 Å². The van der Waals surface area contributed by atoms with Crippen molar-refractivity contribution in [3.63, 3.8) is 0 Å². The van der Waals surface area contributed by atoms with Crippen molar-refractivity contribution >= 4 is 11.6 Å². The third-order valence-electron chi connectivity index (χ3n) is 3.21. The molecule has 22 heavy (non-hydrogen) atoms. The van der Waals surface area contributed by atoms with Gasteiger partial charge in [0.05, 0.1) is 18.5 Å². The van der Waals surface area contributed by atoms with Crippen molar-refractivity contribution in [1.29, 1.82) is 0 Å². The van der Waals surface area contributed by atoms with E-state index in [0.717, 1.165) is 12.2 Å². The Morgan fingerprint density at radius 3 is 2.59 bits per heavy atom. The molecule has 0 saturated heterocycles. The van der Waals surface area contributed by atoms with Gasteiger partial charge in [0.1, 0.15) is 5.69 Å². The van der Waals surface area contributed by atoms with E-state index in [4.69, 9.17) is 4.74 Å². The SMILES string of the molecule is COCCNC(=O)c1ccc(NCc2ccc(C)cc2)cn1. The summed E-state index contributed by atoms with van der Waals surface area (Å²) >= 11 is 0. The first-order chi connectivity index (χ1) is 10.7. The molecule has 5 heteroatoms. The van der Waals surface area contributed by atoms with Gasteiger partial charge in [-0.05, 0) is 24.6 Å². The quantitative estimate of drug-likeness (QED) is 0.771. The van der Waals surface area contributed by atoms with Crippen LogP contribution in [0.4, 0.5) is 5.69 Å². The van der Waals surface area contributed by atoms with Gasteiger partial charge in [0.15, 0.2) is 0 Å². The summed E-state index contributed by atoms with van der Waals surface area (Å²) in [4.78, 5) is 16.0. The number of benzene rings is 1. The van der Waals surface area contributed by atoms with E-state index in [0.29, 0.717) is 18.8 Å². The van der Waals surface area contributed by atoms with Crippen molar-refractivity contribution in [2.24, 2.45) is 0 Å². The highest BCUT2D eigenvalue weighted by Crippen LogP contribution is 2.09. The second-order valence-corrected chi connectivity index (χ2v) is 5.02. The van der Waals surface area contributed by atoms with Gasteiger partial charge in [0, 0.05) is 20.2 Å². The number of nitrogens with one attached hydrogen (secondary N) is 2. The number of amides is 1. The highest BCUT2D eigenvalue weighted by Gasteiger charge is 2.06. The summed E-state index contributed by atoms with van der Waals surface area (Å²) in [6, 6.07) is 11.9. The average Bonchev–Trinajstić information content (AvgIpc) is 2.55. The summed E-state index contributed by atoms with van der Waals surface area (Å²) in [6.07, 6.45) is 1.67. The highest BCUT2D eigenvalue weighted by atomic mass is 16.5. The predicted octanol–water partition coefficient (Wildman–Crippen LogP) is 2.38. The highest BCUT2D eigenvalue weighted by molar-refractivity contribution is 5.92. The van der Waals surface area contributed by atoms with Crippen LogP contribution in [0, 0.1) is 6.92 Å². The lowest BCUT2D eigenvalue weighted by Gasteiger charge is -2.08. The lowest BCUT2D eigenvalue weighted by molar-refractivity contribution is 0.0932. The molecule has 0 saturated carbocycles. The minimum atomic E-state index is -0.192. The number of pyridine rings is 1. The molecule has 0 spiro atoms. The summed E-state index contributed by atoms with van der Waals surface area (Å²) in [7, 11) is 1.60. The van der Waals surface area contributed by atoms with Gasteiger partial charge in [-0.25, -0.2) is 4.98 Å². The Kier molecular flexibility index (Phi) is 5.91. The summed E-state index contributed by atoms with van der Waals surface area (Å²) in [6.45, 7) is 3.76. The third-order valence-corrected chi connectivity index (χ3v) is 3.21. The van der Waals surface area contributed by atoms with E-state index in [2.05, 4.69) is 46.8 Å². The van der Waals surface area contributed by atoms with Crippen LogP contribution in [0.25, 0.3) is 0 Å². The number of aromatic nitrogens is 1. The molecule has 0 atom stereocenters. The second kappa shape index (κ2) is 8.14. The van der Waals surface area contributed by atoms with Crippen LogP contribution in [0.3, 0.4) is 0 Å². The number of rotatable bonds is 7. The molecule has 5 nitrogen and oxygen atoms in total. The first kappa shape index (κ1) is 16.0. The maximum absolute atomic E-state index is 11.8. The van der Waals surface area contributed by atoms with E-state index in [1.54, 1.807) is 19.4 Å². The molecular weight excluding hydrogens is 278 g/mol. The number of ether oxygens (including phenoxy) is 1. The maximum atomic E-state index is 11.8. The van der Waals surface area contributed by atoms with E-state index >= 15 is 0 Å². The van der Waals surface area contributed by atoms with Crippen LogP contribution in [0.5, 0.6) is 0 Å². The van der Waals surface area contributed by atoms with Crippen molar-refractivity contribution in [1.82, 2.24) is 10.3 Å². The Bertz CT molecular complexity index is 594. The van der Waals surface area contributed by atoms with E-state index in [-0.39, 0.29) is 5.91 Å².